The van der Waals surface area contributed by atoms with Crippen LogP contribution in [0.5, 0.6) is 0 Å². The number of piperidine rings is 1. The molecule has 0 bridgehead atoms. The fourth-order valence-electron chi connectivity index (χ4n) is 3.15. The summed E-state index contributed by atoms with van der Waals surface area (Å²) in [6, 6.07) is 0. The van der Waals surface area contributed by atoms with Gasteiger partial charge in [-0.05, 0) is 25.8 Å². The molecule has 16 heavy (non-hydrogen) atoms. The Morgan fingerprint density at radius 2 is 2.00 bits per heavy atom. The molecule has 3 aliphatic rings. The van der Waals surface area contributed by atoms with Crippen LogP contribution in [-0.2, 0) is 4.79 Å². The second-order valence-electron chi connectivity index (χ2n) is 5.44. The van der Waals surface area contributed by atoms with Crippen molar-refractivity contribution in [1.82, 2.24) is 16.0 Å². The first-order valence-corrected chi connectivity index (χ1v) is 6.52. The molecule has 3 rings (SSSR count). The summed E-state index contributed by atoms with van der Waals surface area (Å²) in [4.78, 5) is 12.3. The van der Waals surface area contributed by atoms with Crippen LogP contribution in [0.4, 0.5) is 0 Å². The molecule has 0 aromatic heterocycles. The smallest absolute Gasteiger partial charge is 0.142 e. The van der Waals surface area contributed by atoms with Gasteiger partial charge in [-0.1, -0.05) is 0 Å². The van der Waals surface area contributed by atoms with E-state index in [2.05, 4.69) is 16.0 Å². The SMILES string of the molecule is O=C(C1CC1)C1CNCCC12CNCCN2. The van der Waals surface area contributed by atoms with Crippen LogP contribution in [0.2, 0.25) is 0 Å². The maximum absolute atomic E-state index is 12.3. The van der Waals surface area contributed by atoms with Crippen molar-refractivity contribution in [2.75, 3.05) is 32.7 Å². The third-order valence-electron chi connectivity index (χ3n) is 4.31. The largest absolute Gasteiger partial charge is 0.316 e. The highest BCUT2D eigenvalue weighted by Gasteiger charge is 2.48. The van der Waals surface area contributed by atoms with Gasteiger partial charge in [0.2, 0.25) is 0 Å². The number of carbonyl (C=O) groups excluding carboxylic acids is 1. The van der Waals surface area contributed by atoms with Crippen LogP contribution >= 0.6 is 0 Å². The molecular weight excluding hydrogens is 202 g/mol. The number of hydrogen-bond donors (Lipinski definition) is 3. The molecule has 0 aromatic rings. The Bertz CT molecular complexity index is 274. The highest BCUT2D eigenvalue weighted by Crippen LogP contribution is 2.37. The van der Waals surface area contributed by atoms with E-state index in [1.807, 2.05) is 0 Å². The summed E-state index contributed by atoms with van der Waals surface area (Å²) in [7, 11) is 0. The molecule has 2 aliphatic heterocycles. The minimum atomic E-state index is 0.0448. The summed E-state index contributed by atoms with van der Waals surface area (Å²) < 4.78 is 0. The van der Waals surface area contributed by atoms with Gasteiger partial charge >= 0.3 is 0 Å². The molecular formula is C12H21N3O. The molecule has 2 heterocycles. The van der Waals surface area contributed by atoms with Crippen LogP contribution in [0, 0.1) is 11.8 Å². The molecule has 90 valence electrons. The minimum absolute atomic E-state index is 0.0448. The molecule has 1 spiro atoms. The van der Waals surface area contributed by atoms with Gasteiger partial charge in [0.15, 0.2) is 0 Å². The van der Waals surface area contributed by atoms with Gasteiger partial charge in [-0.2, -0.15) is 0 Å². The van der Waals surface area contributed by atoms with E-state index in [1.54, 1.807) is 0 Å². The standard InChI is InChI=1S/C12H21N3O/c16-11(9-1-2-9)10-7-13-4-3-12(10)8-14-5-6-15-12/h9-10,13-15H,1-8H2. The van der Waals surface area contributed by atoms with E-state index in [4.69, 9.17) is 0 Å². The van der Waals surface area contributed by atoms with Crippen LogP contribution in [0.25, 0.3) is 0 Å². The topological polar surface area (TPSA) is 53.2 Å². The summed E-state index contributed by atoms with van der Waals surface area (Å²) in [5, 5.41) is 10.5. The average molecular weight is 223 g/mol. The summed E-state index contributed by atoms with van der Waals surface area (Å²) in [5.74, 6) is 1.07. The maximum Gasteiger partial charge on any atom is 0.142 e. The summed E-state index contributed by atoms with van der Waals surface area (Å²) in [6.07, 6.45) is 3.32. The van der Waals surface area contributed by atoms with Crippen molar-refractivity contribution >= 4 is 5.78 Å². The van der Waals surface area contributed by atoms with Gasteiger partial charge in [-0.3, -0.25) is 4.79 Å². The van der Waals surface area contributed by atoms with Crippen molar-refractivity contribution in [1.29, 1.82) is 0 Å². The lowest BCUT2D eigenvalue weighted by Crippen LogP contribution is -2.69. The first-order valence-electron chi connectivity index (χ1n) is 6.52. The highest BCUT2D eigenvalue weighted by atomic mass is 16.1. The number of hydrogen-bond acceptors (Lipinski definition) is 4. The normalized spacial score (nSPS) is 39.9. The van der Waals surface area contributed by atoms with Gasteiger partial charge in [-0.15, -0.1) is 0 Å². The Morgan fingerprint density at radius 1 is 1.12 bits per heavy atom. The number of piperazine rings is 1. The predicted octanol–water partition coefficient (Wildman–Crippen LogP) is -0.493. The van der Waals surface area contributed by atoms with Crippen LogP contribution in [0.15, 0.2) is 0 Å². The molecule has 3 N–H and O–H groups in total. The quantitative estimate of drug-likeness (QED) is 0.591. The van der Waals surface area contributed by atoms with Gasteiger partial charge in [0.1, 0.15) is 5.78 Å². The molecule has 1 saturated carbocycles. The predicted molar refractivity (Wildman–Crippen MR) is 62.3 cm³/mol. The van der Waals surface area contributed by atoms with Crippen molar-refractivity contribution in [2.45, 2.75) is 24.8 Å². The van der Waals surface area contributed by atoms with Crippen LogP contribution < -0.4 is 16.0 Å². The number of Topliss-reactive ketones (excluding diaryl/α,β-unsaturated/α-hetero) is 1. The van der Waals surface area contributed by atoms with Crippen molar-refractivity contribution in [3.05, 3.63) is 0 Å². The molecule has 1 aliphatic carbocycles. The fourth-order valence-corrected chi connectivity index (χ4v) is 3.15. The molecule has 3 fully saturated rings. The third kappa shape index (κ3) is 1.79. The lowest BCUT2D eigenvalue weighted by Gasteiger charge is -2.47. The summed E-state index contributed by atoms with van der Waals surface area (Å²) >= 11 is 0. The van der Waals surface area contributed by atoms with Crippen molar-refractivity contribution in [2.24, 2.45) is 11.8 Å². The van der Waals surface area contributed by atoms with E-state index in [0.29, 0.717) is 11.7 Å². The Kier molecular flexibility index (Phi) is 2.73. The molecule has 2 atom stereocenters. The van der Waals surface area contributed by atoms with E-state index in [-0.39, 0.29) is 11.5 Å². The van der Waals surface area contributed by atoms with Gasteiger partial charge in [0.05, 0.1) is 0 Å². The molecule has 0 amide bonds. The number of nitrogens with one attached hydrogen (secondary N) is 3. The minimum Gasteiger partial charge on any atom is -0.316 e. The summed E-state index contributed by atoms with van der Waals surface area (Å²) in [6.45, 7) is 4.87. The van der Waals surface area contributed by atoms with Gasteiger partial charge in [-0.25, -0.2) is 0 Å². The molecule has 0 aromatic carbocycles. The Morgan fingerprint density at radius 3 is 2.69 bits per heavy atom. The zero-order valence-corrected chi connectivity index (χ0v) is 9.72. The zero-order chi connectivity index (χ0) is 11.0. The third-order valence-corrected chi connectivity index (χ3v) is 4.31. The van der Waals surface area contributed by atoms with E-state index in [0.717, 1.165) is 52.0 Å². The van der Waals surface area contributed by atoms with E-state index >= 15 is 0 Å². The Hall–Kier alpha value is -0.450. The monoisotopic (exact) mass is 223 g/mol. The van der Waals surface area contributed by atoms with E-state index in [9.17, 15) is 4.79 Å². The Labute approximate surface area is 96.5 Å². The molecule has 0 radical (unpaired) electrons. The lowest BCUT2D eigenvalue weighted by molar-refractivity contribution is -0.127. The van der Waals surface area contributed by atoms with Crippen LogP contribution in [0.1, 0.15) is 19.3 Å². The molecule has 2 unspecified atom stereocenters. The van der Waals surface area contributed by atoms with Gasteiger partial charge in [0, 0.05) is 43.6 Å². The van der Waals surface area contributed by atoms with Crippen molar-refractivity contribution < 1.29 is 4.79 Å². The number of carbonyl (C=O) groups is 1. The average Bonchev–Trinajstić information content (AvgIpc) is 3.14. The molecule has 4 heteroatoms. The second kappa shape index (κ2) is 4.09. The number of ketones is 1. The molecule has 4 nitrogen and oxygen atoms in total. The van der Waals surface area contributed by atoms with Crippen LogP contribution in [-0.4, -0.2) is 44.0 Å². The van der Waals surface area contributed by atoms with Crippen molar-refractivity contribution in [3.8, 4) is 0 Å². The first kappa shape index (κ1) is 10.7. The highest BCUT2D eigenvalue weighted by molar-refractivity contribution is 5.87. The fraction of sp³-hybridized carbons (Fsp3) is 0.917. The van der Waals surface area contributed by atoms with Crippen LogP contribution in [0.3, 0.4) is 0 Å². The summed E-state index contributed by atoms with van der Waals surface area (Å²) in [5.41, 5.74) is 0.0448. The van der Waals surface area contributed by atoms with Crippen molar-refractivity contribution in [3.63, 3.8) is 0 Å². The van der Waals surface area contributed by atoms with Gasteiger partial charge < -0.3 is 16.0 Å². The zero-order valence-electron chi connectivity index (χ0n) is 9.72. The lowest BCUT2D eigenvalue weighted by atomic mass is 9.74. The Balaban J connectivity index is 1.78. The first-order chi connectivity index (χ1) is 7.82. The maximum atomic E-state index is 12.3. The second-order valence-corrected chi connectivity index (χ2v) is 5.44. The molecule has 2 saturated heterocycles. The van der Waals surface area contributed by atoms with E-state index < -0.39 is 0 Å². The number of rotatable bonds is 2. The van der Waals surface area contributed by atoms with E-state index in [1.165, 1.54) is 0 Å². The van der Waals surface area contributed by atoms with Gasteiger partial charge in [0.25, 0.3) is 0 Å².